The van der Waals surface area contributed by atoms with Gasteiger partial charge in [-0.15, -0.1) is 11.3 Å². The molecule has 0 unspecified atom stereocenters. The van der Waals surface area contributed by atoms with Crippen LogP contribution in [0.3, 0.4) is 0 Å². The number of hydrogen-bond acceptors (Lipinski definition) is 3. The van der Waals surface area contributed by atoms with Gasteiger partial charge in [0.1, 0.15) is 0 Å². The van der Waals surface area contributed by atoms with Crippen LogP contribution < -0.4 is 0 Å². The van der Waals surface area contributed by atoms with Crippen molar-refractivity contribution in [2.45, 2.75) is 0 Å². The molecule has 2 aromatic heterocycles. The average Bonchev–Trinajstić information content (AvgIpc) is 3.50. The fraction of sp³-hybridized carbons (Fsp3) is 0. The molecular weight excluding hydrogens is 565 g/mol. The highest BCUT2D eigenvalue weighted by Gasteiger charge is 2.19. The minimum absolute atomic E-state index is 0.734. The Morgan fingerprint density at radius 3 is 2.00 bits per heavy atom. The SMILES string of the molecule is c1ccc(-c2nc(-c3cccc(-c4ccc5sc6cccc7c8ccccc8c4c5c67)c3)nc3c2ccc2ccccc23)cc1. The molecule has 0 bridgehead atoms. The monoisotopic (exact) mass is 588 g/mol. The molecule has 0 N–H and O–H groups in total. The Morgan fingerprint density at radius 2 is 1.09 bits per heavy atom. The molecule has 0 radical (unpaired) electrons. The van der Waals surface area contributed by atoms with Gasteiger partial charge in [-0.3, -0.25) is 0 Å². The number of thiophene rings is 1. The molecule has 0 fully saturated rings. The van der Waals surface area contributed by atoms with Gasteiger partial charge in [0.05, 0.1) is 11.2 Å². The quantitative estimate of drug-likeness (QED) is 0.192. The molecule has 208 valence electrons. The number of rotatable bonds is 3. The summed E-state index contributed by atoms with van der Waals surface area (Å²) in [7, 11) is 0. The van der Waals surface area contributed by atoms with Crippen LogP contribution in [0.2, 0.25) is 0 Å². The zero-order valence-electron chi connectivity index (χ0n) is 24.2. The zero-order chi connectivity index (χ0) is 29.5. The van der Waals surface area contributed by atoms with Crippen molar-refractivity contribution >= 4 is 74.7 Å². The van der Waals surface area contributed by atoms with E-state index in [2.05, 4.69) is 140 Å². The Hall–Kier alpha value is -5.64. The van der Waals surface area contributed by atoms with Crippen molar-refractivity contribution in [2.75, 3.05) is 0 Å². The van der Waals surface area contributed by atoms with Crippen molar-refractivity contribution in [1.82, 2.24) is 9.97 Å². The summed E-state index contributed by atoms with van der Waals surface area (Å²) in [6, 6.07) is 52.2. The van der Waals surface area contributed by atoms with Crippen LogP contribution in [0, 0.1) is 0 Å². The first kappa shape index (κ1) is 24.8. The third-order valence-corrected chi connectivity index (χ3v) is 10.3. The third kappa shape index (κ3) is 3.62. The lowest BCUT2D eigenvalue weighted by atomic mass is 9.89. The molecule has 0 saturated carbocycles. The maximum atomic E-state index is 5.26. The van der Waals surface area contributed by atoms with Crippen LogP contribution in [0.15, 0.2) is 146 Å². The molecule has 0 amide bonds. The lowest BCUT2D eigenvalue weighted by Crippen LogP contribution is -1.96. The van der Waals surface area contributed by atoms with Crippen LogP contribution in [0.5, 0.6) is 0 Å². The van der Waals surface area contributed by atoms with Crippen molar-refractivity contribution in [2.24, 2.45) is 0 Å². The summed E-state index contributed by atoms with van der Waals surface area (Å²) in [6.45, 7) is 0. The normalized spacial score (nSPS) is 12.0. The van der Waals surface area contributed by atoms with E-state index in [1.807, 2.05) is 17.4 Å². The number of nitrogens with zero attached hydrogens (tertiary/aromatic N) is 2. The molecular formula is C42H24N2S. The van der Waals surface area contributed by atoms with E-state index in [-0.39, 0.29) is 0 Å². The van der Waals surface area contributed by atoms with Gasteiger partial charge >= 0.3 is 0 Å². The van der Waals surface area contributed by atoms with Crippen LogP contribution in [0.4, 0.5) is 0 Å². The Labute approximate surface area is 263 Å². The summed E-state index contributed by atoms with van der Waals surface area (Å²) >= 11 is 1.89. The largest absolute Gasteiger partial charge is 0.227 e. The van der Waals surface area contributed by atoms with Gasteiger partial charge in [0.25, 0.3) is 0 Å². The second-order valence-electron chi connectivity index (χ2n) is 11.7. The highest BCUT2D eigenvalue weighted by Crippen LogP contribution is 2.48. The van der Waals surface area contributed by atoms with Gasteiger partial charge in [0.15, 0.2) is 5.82 Å². The second-order valence-corrected chi connectivity index (χ2v) is 12.8. The van der Waals surface area contributed by atoms with Crippen molar-refractivity contribution in [3.05, 3.63) is 146 Å². The highest BCUT2D eigenvalue weighted by molar-refractivity contribution is 7.26. The summed E-state index contributed by atoms with van der Waals surface area (Å²) in [6.07, 6.45) is 0. The van der Waals surface area contributed by atoms with E-state index in [9.17, 15) is 0 Å². The van der Waals surface area contributed by atoms with E-state index in [1.165, 1.54) is 58.2 Å². The molecule has 0 saturated heterocycles. The molecule has 10 aromatic rings. The van der Waals surface area contributed by atoms with Gasteiger partial charge in [-0.25, -0.2) is 9.97 Å². The van der Waals surface area contributed by atoms with Gasteiger partial charge in [-0.05, 0) is 62.3 Å². The average molecular weight is 589 g/mol. The lowest BCUT2D eigenvalue weighted by Gasteiger charge is -2.15. The van der Waals surface area contributed by atoms with Gasteiger partial charge in [0.2, 0.25) is 0 Å². The molecule has 0 aliphatic rings. The molecule has 2 heterocycles. The predicted octanol–water partition coefficient (Wildman–Crippen LogP) is 11.9. The van der Waals surface area contributed by atoms with E-state index in [1.54, 1.807) is 0 Å². The standard InChI is InChI=1S/C42H24N2S/c1-2-11-26(12-3-1)40-34-21-20-25-10-4-5-15-30(25)41(34)44-42(43-40)28-14-8-13-27(24-28)29-22-23-36-39-37(29)32-17-7-6-16-31(32)33-18-9-19-35(45-36)38(33)39/h1-24H. The van der Waals surface area contributed by atoms with E-state index >= 15 is 0 Å². The van der Waals surface area contributed by atoms with Gasteiger partial charge in [-0.2, -0.15) is 0 Å². The van der Waals surface area contributed by atoms with Crippen molar-refractivity contribution < 1.29 is 0 Å². The molecule has 0 aliphatic carbocycles. The smallest absolute Gasteiger partial charge is 0.160 e. The molecule has 0 aliphatic heterocycles. The van der Waals surface area contributed by atoms with E-state index in [4.69, 9.17) is 9.97 Å². The first-order chi connectivity index (χ1) is 22.3. The number of benzene rings is 8. The molecule has 0 atom stereocenters. The van der Waals surface area contributed by atoms with E-state index in [0.717, 1.165) is 38.9 Å². The summed E-state index contributed by atoms with van der Waals surface area (Å²) < 4.78 is 2.67. The maximum absolute atomic E-state index is 5.26. The lowest BCUT2D eigenvalue weighted by molar-refractivity contribution is 1.23. The van der Waals surface area contributed by atoms with Gasteiger partial charge in [-0.1, -0.05) is 121 Å². The molecule has 0 spiro atoms. The minimum atomic E-state index is 0.734. The minimum Gasteiger partial charge on any atom is -0.227 e. The van der Waals surface area contributed by atoms with Crippen molar-refractivity contribution in [3.63, 3.8) is 0 Å². The number of fused-ring (bicyclic) bond motifs is 6. The van der Waals surface area contributed by atoms with E-state index < -0.39 is 0 Å². The zero-order valence-corrected chi connectivity index (χ0v) is 25.0. The Bertz CT molecular complexity index is 2760. The fourth-order valence-electron chi connectivity index (χ4n) is 7.22. The molecule has 45 heavy (non-hydrogen) atoms. The Balaban J connectivity index is 1.25. The van der Waals surface area contributed by atoms with Crippen molar-refractivity contribution in [1.29, 1.82) is 0 Å². The van der Waals surface area contributed by atoms with Crippen LogP contribution in [0.1, 0.15) is 0 Å². The summed E-state index contributed by atoms with van der Waals surface area (Å²) in [5.41, 5.74) is 6.43. The highest BCUT2D eigenvalue weighted by atomic mass is 32.1. The molecule has 8 aromatic carbocycles. The number of aromatic nitrogens is 2. The summed E-state index contributed by atoms with van der Waals surface area (Å²) in [5.74, 6) is 0.734. The Kier molecular flexibility index (Phi) is 5.19. The first-order valence-corrected chi connectivity index (χ1v) is 16.1. The third-order valence-electron chi connectivity index (χ3n) is 9.22. The first-order valence-electron chi connectivity index (χ1n) is 15.3. The molecule has 10 rings (SSSR count). The Morgan fingerprint density at radius 1 is 0.400 bits per heavy atom. The van der Waals surface area contributed by atoms with Crippen molar-refractivity contribution in [3.8, 4) is 33.8 Å². The molecule has 2 nitrogen and oxygen atoms in total. The second kappa shape index (κ2) is 9.43. The summed E-state index contributed by atoms with van der Waals surface area (Å²) in [5, 5.41) is 11.4. The van der Waals surface area contributed by atoms with Gasteiger partial charge < -0.3 is 0 Å². The topological polar surface area (TPSA) is 25.8 Å². The van der Waals surface area contributed by atoms with Gasteiger partial charge in [0, 0.05) is 42.1 Å². The van der Waals surface area contributed by atoms with Crippen LogP contribution in [-0.2, 0) is 0 Å². The van der Waals surface area contributed by atoms with E-state index in [0.29, 0.717) is 0 Å². The van der Waals surface area contributed by atoms with Crippen LogP contribution >= 0.6 is 11.3 Å². The fourth-order valence-corrected chi connectivity index (χ4v) is 8.36. The maximum Gasteiger partial charge on any atom is 0.160 e. The predicted molar refractivity (Wildman–Crippen MR) is 192 cm³/mol. The summed E-state index contributed by atoms with van der Waals surface area (Å²) in [4.78, 5) is 10.5. The van der Waals surface area contributed by atoms with Crippen LogP contribution in [-0.4, -0.2) is 9.97 Å². The van der Waals surface area contributed by atoms with Crippen LogP contribution in [0.25, 0.3) is 97.2 Å². The molecule has 3 heteroatoms. The number of hydrogen-bond donors (Lipinski definition) is 0.